The first kappa shape index (κ1) is 21.7. The molecule has 0 aromatic rings. The molecule has 118 valence electrons. The molecule has 0 rings (SSSR count). The second-order valence-corrected chi connectivity index (χ2v) is 5.27. The molecule has 3 N–H and O–H groups in total. The zero-order valence-electron chi connectivity index (χ0n) is 13.2. The SMILES string of the molecule is CCCCCCC(CC#N)CCCCCC.OB(O)O. The van der Waals surface area contributed by atoms with Crippen molar-refractivity contribution in [3.05, 3.63) is 0 Å². The molecule has 20 heavy (non-hydrogen) atoms. The summed E-state index contributed by atoms with van der Waals surface area (Å²) in [5.74, 6) is 0.679. The first-order valence-corrected chi connectivity index (χ1v) is 7.99. The standard InChI is InChI=1S/C15H29N.BH3O3/c1-3-5-7-9-11-15(13-14-16)12-10-8-6-4-2;2-1(3)4/h15H,3-13H2,1-2H3;2-4H. The van der Waals surface area contributed by atoms with Gasteiger partial charge in [-0.05, 0) is 18.8 Å². The molecule has 0 saturated heterocycles. The molecule has 0 fully saturated rings. The molecule has 0 atom stereocenters. The molecule has 4 nitrogen and oxygen atoms in total. The third kappa shape index (κ3) is 22.6. The van der Waals surface area contributed by atoms with Crippen LogP contribution in [0.15, 0.2) is 0 Å². The molecule has 0 unspecified atom stereocenters. The molecule has 0 saturated carbocycles. The maximum absolute atomic E-state index is 8.79. The van der Waals surface area contributed by atoms with Crippen LogP contribution in [0.4, 0.5) is 0 Å². The number of rotatable bonds is 11. The minimum Gasteiger partial charge on any atom is -0.402 e. The molecule has 5 heteroatoms. The second-order valence-electron chi connectivity index (χ2n) is 5.27. The van der Waals surface area contributed by atoms with E-state index in [1.54, 1.807) is 0 Å². The molecule has 0 aliphatic rings. The molecule has 0 aromatic heterocycles. The van der Waals surface area contributed by atoms with Gasteiger partial charge in [0.05, 0.1) is 6.07 Å². The normalized spacial score (nSPS) is 9.85. The van der Waals surface area contributed by atoms with Crippen LogP contribution in [0.5, 0.6) is 0 Å². The molecule has 0 spiro atoms. The lowest BCUT2D eigenvalue weighted by atomic mass is 9.92. The zero-order valence-corrected chi connectivity index (χ0v) is 13.2. The Morgan fingerprint density at radius 3 is 1.55 bits per heavy atom. The topological polar surface area (TPSA) is 84.5 Å². The number of unbranched alkanes of at least 4 members (excludes halogenated alkanes) is 6. The third-order valence-corrected chi connectivity index (χ3v) is 3.31. The summed E-state index contributed by atoms with van der Waals surface area (Å²) in [4.78, 5) is 0. The fraction of sp³-hybridized carbons (Fsp3) is 0.933. The molecule has 0 heterocycles. The highest BCUT2D eigenvalue weighted by Gasteiger charge is 2.07. The first-order chi connectivity index (χ1) is 9.58. The van der Waals surface area contributed by atoms with Gasteiger partial charge >= 0.3 is 7.32 Å². The van der Waals surface area contributed by atoms with Crippen molar-refractivity contribution in [2.24, 2.45) is 5.92 Å². The summed E-state index contributed by atoms with van der Waals surface area (Å²) in [6, 6.07) is 2.35. The van der Waals surface area contributed by atoms with E-state index < -0.39 is 7.32 Å². The summed E-state index contributed by atoms with van der Waals surface area (Å²) < 4.78 is 0. The number of nitriles is 1. The lowest BCUT2D eigenvalue weighted by molar-refractivity contribution is 0.278. The third-order valence-electron chi connectivity index (χ3n) is 3.31. The van der Waals surface area contributed by atoms with Crippen LogP contribution in [0.3, 0.4) is 0 Å². The van der Waals surface area contributed by atoms with Crippen molar-refractivity contribution in [3.63, 3.8) is 0 Å². The van der Waals surface area contributed by atoms with Crippen molar-refractivity contribution in [1.82, 2.24) is 0 Å². The minimum atomic E-state index is -2.17. The molecule has 0 radical (unpaired) electrons. The van der Waals surface area contributed by atoms with E-state index in [9.17, 15) is 0 Å². The van der Waals surface area contributed by atoms with Gasteiger partial charge in [-0.2, -0.15) is 5.26 Å². The van der Waals surface area contributed by atoms with Crippen molar-refractivity contribution in [1.29, 1.82) is 5.26 Å². The van der Waals surface area contributed by atoms with Crippen molar-refractivity contribution in [3.8, 4) is 6.07 Å². The van der Waals surface area contributed by atoms with E-state index in [0.29, 0.717) is 5.92 Å². The zero-order chi connectivity index (χ0) is 15.6. The van der Waals surface area contributed by atoms with E-state index >= 15 is 0 Å². The number of hydrogen-bond acceptors (Lipinski definition) is 4. The molecule has 0 aliphatic heterocycles. The summed E-state index contributed by atoms with van der Waals surface area (Å²) in [5.41, 5.74) is 0. The van der Waals surface area contributed by atoms with Gasteiger partial charge in [-0.1, -0.05) is 65.2 Å². The van der Waals surface area contributed by atoms with Gasteiger partial charge in [0.25, 0.3) is 0 Å². The second kappa shape index (κ2) is 18.4. The average molecular weight is 285 g/mol. The lowest BCUT2D eigenvalue weighted by Gasteiger charge is -2.13. The van der Waals surface area contributed by atoms with Crippen LogP contribution < -0.4 is 0 Å². The molecular formula is C15H32BNO3. The summed E-state index contributed by atoms with van der Waals surface area (Å²) in [6.07, 6.45) is 14.0. The smallest absolute Gasteiger partial charge is 0.402 e. The van der Waals surface area contributed by atoms with Gasteiger partial charge in [-0.3, -0.25) is 0 Å². The van der Waals surface area contributed by atoms with Crippen LogP contribution in [0.1, 0.15) is 84.5 Å². The predicted molar refractivity (Wildman–Crippen MR) is 83.6 cm³/mol. The highest BCUT2D eigenvalue weighted by molar-refractivity contribution is 6.30. The van der Waals surface area contributed by atoms with Crippen LogP contribution >= 0.6 is 0 Å². The van der Waals surface area contributed by atoms with Gasteiger partial charge in [0.2, 0.25) is 0 Å². The van der Waals surface area contributed by atoms with Crippen LogP contribution in [0, 0.1) is 17.2 Å². The highest BCUT2D eigenvalue weighted by atomic mass is 16.5. The molecule has 0 amide bonds. The van der Waals surface area contributed by atoms with Crippen LogP contribution in [-0.4, -0.2) is 22.4 Å². The van der Waals surface area contributed by atoms with Gasteiger partial charge in [-0.15, -0.1) is 0 Å². The predicted octanol–water partition coefficient (Wildman–Crippen LogP) is 3.41. The van der Waals surface area contributed by atoms with Crippen molar-refractivity contribution in [2.45, 2.75) is 84.5 Å². The Bertz CT molecular complexity index is 205. The van der Waals surface area contributed by atoms with Crippen molar-refractivity contribution >= 4 is 7.32 Å². The number of hydrogen-bond donors (Lipinski definition) is 3. The fourth-order valence-electron chi connectivity index (χ4n) is 2.20. The van der Waals surface area contributed by atoms with E-state index in [-0.39, 0.29) is 0 Å². The van der Waals surface area contributed by atoms with Crippen molar-refractivity contribution in [2.75, 3.05) is 0 Å². The maximum Gasteiger partial charge on any atom is 0.631 e. The Morgan fingerprint density at radius 1 is 0.850 bits per heavy atom. The largest absolute Gasteiger partial charge is 0.631 e. The summed E-state index contributed by atoms with van der Waals surface area (Å²) >= 11 is 0. The van der Waals surface area contributed by atoms with E-state index in [1.807, 2.05) is 0 Å². The molecular weight excluding hydrogens is 253 g/mol. The average Bonchev–Trinajstić information content (AvgIpc) is 2.39. The highest BCUT2D eigenvalue weighted by Crippen LogP contribution is 2.20. The van der Waals surface area contributed by atoms with E-state index in [2.05, 4.69) is 19.9 Å². The number of nitrogens with zero attached hydrogens (tertiary/aromatic N) is 1. The molecule has 0 bridgehead atoms. The Morgan fingerprint density at radius 2 is 1.25 bits per heavy atom. The quantitative estimate of drug-likeness (QED) is 0.401. The Balaban J connectivity index is 0. The van der Waals surface area contributed by atoms with Crippen molar-refractivity contribution < 1.29 is 15.1 Å². The molecule has 0 aromatic carbocycles. The maximum atomic E-state index is 8.79. The van der Waals surface area contributed by atoms with E-state index in [1.165, 1.54) is 64.2 Å². The Labute approximate surface area is 125 Å². The van der Waals surface area contributed by atoms with Crippen LogP contribution in [0.2, 0.25) is 0 Å². The fourth-order valence-corrected chi connectivity index (χ4v) is 2.20. The summed E-state index contributed by atoms with van der Waals surface area (Å²) in [6.45, 7) is 4.50. The van der Waals surface area contributed by atoms with E-state index in [4.69, 9.17) is 20.3 Å². The van der Waals surface area contributed by atoms with Gasteiger partial charge in [0.15, 0.2) is 0 Å². The van der Waals surface area contributed by atoms with Gasteiger partial charge in [0, 0.05) is 6.42 Å². The van der Waals surface area contributed by atoms with E-state index in [0.717, 1.165) is 6.42 Å². The van der Waals surface area contributed by atoms with Gasteiger partial charge in [-0.25, -0.2) is 0 Å². The summed E-state index contributed by atoms with van der Waals surface area (Å²) in [5, 5.41) is 30.3. The van der Waals surface area contributed by atoms with Crippen LogP contribution in [0.25, 0.3) is 0 Å². The summed E-state index contributed by atoms with van der Waals surface area (Å²) in [7, 11) is -2.17. The minimum absolute atomic E-state index is 0.679. The molecule has 0 aliphatic carbocycles. The van der Waals surface area contributed by atoms with Crippen LogP contribution in [-0.2, 0) is 0 Å². The first-order valence-electron chi connectivity index (χ1n) is 7.99. The Kier molecular flexibility index (Phi) is 20.0. The lowest BCUT2D eigenvalue weighted by Crippen LogP contribution is -2.07. The Hall–Kier alpha value is -0.565. The monoisotopic (exact) mass is 285 g/mol. The van der Waals surface area contributed by atoms with Gasteiger partial charge < -0.3 is 15.1 Å². The van der Waals surface area contributed by atoms with Gasteiger partial charge in [0.1, 0.15) is 0 Å².